The molecule has 30 heavy (non-hydrogen) atoms. The molecule has 0 bridgehead atoms. The fourth-order valence-corrected chi connectivity index (χ4v) is 4.73. The molecule has 2 aliphatic heterocycles. The Labute approximate surface area is 174 Å². The molecule has 164 valence electrons. The van der Waals surface area contributed by atoms with Crippen LogP contribution in [0.1, 0.15) is 19.6 Å². The summed E-state index contributed by atoms with van der Waals surface area (Å²) in [6, 6.07) is 0. The van der Waals surface area contributed by atoms with Crippen molar-refractivity contribution in [2.24, 2.45) is 5.92 Å². The third kappa shape index (κ3) is 3.88. The van der Waals surface area contributed by atoms with E-state index < -0.39 is 44.3 Å². The molecule has 2 saturated heterocycles. The van der Waals surface area contributed by atoms with E-state index >= 15 is 4.39 Å². The molecular weight excluding hydrogens is 448 g/mol. The topological polar surface area (TPSA) is 161 Å². The summed E-state index contributed by atoms with van der Waals surface area (Å²) in [5.41, 5.74) is 6.16. The highest BCUT2D eigenvalue weighted by atomic mass is 35.5. The fraction of sp³-hybridized carbons (Fsp3) is 0.600. The van der Waals surface area contributed by atoms with Gasteiger partial charge in [-0.3, -0.25) is 22.9 Å². The number of anilines is 1. The van der Waals surface area contributed by atoms with Crippen LogP contribution in [0.5, 0.6) is 0 Å². The summed E-state index contributed by atoms with van der Waals surface area (Å²) in [6.45, 7) is 1.05. The molecule has 0 spiro atoms. The first-order valence-corrected chi connectivity index (χ1v) is 10.8. The van der Waals surface area contributed by atoms with Crippen molar-refractivity contribution in [2.45, 2.75) is 38.0 Å². The minimum atomic E-state index is -4.08. The molecule has 0 aromatic carbocycles. The number of halogens is 2. The Kier molecular flexibility index (Phi) is 5.68. The smallest absolute Gasteiger partial charge is 0.475 e. The molecule has 0 amide bonds. The summed E-state index contributed by atoms with van der Waals surface area (Å²) in [7, 11) is -4.08. The second kappa shape index (κ2) is 7.98. The van der Waals surface area contributed by atoms with Crippen LogP contribution >= 0.6 is 19.4 Å². The van der Waals surface area contributed by atoms with Crippen molar-refractivity contribution in [1.29, 1.82) is 0 Å². The van der Waals surface area contributed by atoms with Crippen molar-refractivity contribution in [3.63, 3.8) is 0 Å². The third-order valence-electron chi connectivity index (χ3n) is 4.83. The highest BCUT2D eigenvalue weighted by Gasteiger charge is 2.54. The molecule has 15 heteroatoms. The lowest BCUT2D eigenvalue weighted by Gasteiger charge is -2.30. The number of phosphoric ester groups is 1. The summed E-state index contributed by atoms with van der Waals surface area (Å²) >= 11 is 5.83. The molecule has 0 radical (unpaired) electrons. The standard InChI is InChI=1S/C15H18ClFN5O7P/c1-6(14(23)24)2-3-26-30(25)27-4-7-10(29-30)8(17)13(28-7)22-5-19-9-11(18)20-15(16)21-12(9)22/h5-8,10,13H,2-4H2,1H3,(H,23,24)(H2,18,20,21)/t6?,7-,8+,10-,13-,30+/m1/s1. The van der Waals surface area contributed by atoms with Gasteiger partial charge >= 0.3 is 13.8 Å². The third-order valence-corrected chi connectivity index (χ3v) is 6.47. The molecule has 0 aliphatic carbocycles. The van der Waals surface area contributed by atoms with Crippen LogP contribution in [0, 0.1) is 5.92 Å². The van der Waals surface area contributed by atoms with Gasteiger partial charge in [-0.1, -0.05) is 6.92 Å². The van der Waals surface area contributed by atoms with E-state index in [1.165, 1.54) is 17.8 Å². The molecule has 4 rings (SSSR count). The molecule has 6 atom stereocenters. The Morgan fingerprint density at radius 3 is 3.07 bits per heavy atom. The maximum Gasteiger partial charge on any atom is 0.475 e. The van der Waals surface area contributed by atoms with Crippen molar-refractivity contribution >= 4 is 42.4 Å². The zero-order chi connectivity index (χ0) is 21.6. The quantitative estimate of drug-likeness (QED) is 0.473. The van der Waals surface area contributed by atoms with E-state index in [0.29, 0.717) is 0 Å². The first-order chi connectivity index (χ1) is 14.2. The van der Waals surface area contributed by atoms with Crippen molar-refractivity contribution < 1.29 is 37.2 Å². The highest BCUT2D eigenvalue weighted by Crippen LogP contribution is 2.57. The van der Waals surface area contributed by atoms with Gasteiger partial charge in [-0.2, -0.15) is 9.97 Å². The predicted molar refractivity (Wildman–Crippen MR) is 99.4 cm³/mol. The van der Waals surface area contributed by atoms with Gasteiger partial charge in [0.1, 0.15) is 17.7 Å². The van der Waals surface area contributed by atoms with E-state index in [4.69, 9.17) is 40.7 Å². The van der Waals surface area contributed by atoms with Gasteiger partial charge in [0.2, 0.25) is 5.28 Å². The largest absolute Gasteiger partial charge is 0.481 e. The van der Waals surface area contributed by atoms with Crippen molar-refractivity contribution in [3.05, 3.63) is 11.6 Å². The number of phosphoric acid groups is 1. The summed E-state index contributed by atoms with van der Waals surface area (Å²) in [4.78, 5) is 22.7. The summed E-state index contributed by atoms with van der Waals surface area (Å²) in [5.74, 6) is -1.70. The van der Waals surface area contributed by atoms with Gasteiger partial charge in [0.05, 0.1) is 25.5 Å². The summed E-state index contributed by atoms with van der Waals surface area (Å²) in [5, 5.41) is 8.75. The number of nitrogens with zero attached hydrogens (tertiary/aromatic N) is 4. The van der Waals surface area contributed by atoms with Crippen molar-refractivity contribution in [3.8, 4) is 0 Å². The van der Waals surface area contributed by atoms with E-state index in [0.717, 1.165) is 0 Å². The SMILES string of the molecule is CC(CCO[P@@]1(=O)OC[C@H]2O[C@@H](n3cnc4c(N)nc(Cl)nc43)[C@@H](F)[C@@H]2O1)C(=O)O. The van der Waals surface area contributed by atoms with Gasteiger partial charge in [-0.25, -0.2) is 13.9 Å². The normalized spacial score (nSPS) is 32.2. The van der Waals surface area contributed by atoms with E-state index in [2.05, 4.69) is 15.0 Å². The van der Waals surface area contributed by atoms with E-state index in [9.17, 15) is 9.36 Å². The molecule has 2 aliphatic rings. The maximum absolute atomic E-state index is 15.2. The maximum atomic E-state index is 15.2. The number of fused-ring (bicyclic) bond motifs is 2. The number of hydrogen-bond acceptors (Lipinski definition) is 10. The van der Waals surface area contributed by atoms with Gasteiger partial charge in [-0.15, -0.1) is 0 Å². The van der Waals surface area contributed by atoms with Crippen LogP contribution in [0.25, 0.3) is 11.2 Å². The Bertz CT molecular complexity index is 1020. The number of aromatic nitrogens is 4. The Hall–Kier alpha value is -1.89. The van der Waals surface area contributed by atoms with Gasteiger partial charge in [0.15, 0.2) is 23.9 Å². The Morgan fingerprint density at radius 2 is 2.33 bits per heavy atom. The minimum Gasteiger partial charge on any atom is -0.481 e. The van der Waals surface area contributed by atoms with Crippen LogP contribution in [0.2, 0.25) is 5.28 Å². The Balaban J connectivity index is 1.49. The summed E-state index contributed by atoms with van der Waals surface area (Å²) in [6.07, 6.45) is -3.70. The highest BCUT2D eigenvalue weighted by molar-refractivity contribution is 7.48. The number of carboxylic acid groups (broad SMARTS) is 1. The van der Waals surface area contributed by atoms with Gasteiger partial charge in [0.25, 0.3) is 0 Å². The van der Waals surface area contributed by atoms with E-state index in [1.54, 1.807) is 0 Å². The number of hydrogen-bond donors (Lipinski definition) is 2. The van der Waals surface area contributed by atoms with Crippen LogP contribution in [-0.2, 0) is 27.7 Å². The number of nitrogen functional groups attached to an aromatic ring is 1. The molecule has 2 fully saturated rings. The fourth-order valence-electron chi connectivity index (χ4n) is 3.15. The van der Waals surface area contributed by atoms with Crippen LogP contribution in [0.3, 0.4) is 0 Å². The molecule has 4 heterocycles. The lowest BCUT2D eigenvalue weighted by atomic mass is 10.1. The number of nitrogens with two attached hydrogens (primary N) is 1. The molecule has 0 saturated carbocycles. The Morgan fingerprint density at radius 1 is 1.57 bits per heavy atom. The number of alkyl halides is 1. The lowest BCUT2D eigenvalue weighted by Crippen LogP contribution is -2.38. The first-order valence-electron chi connectivity index (χ1n) is 8.94. The summed E-state index contributed by atoms with van der Waals surface area (Å²) < 4.78 is 50.4. The molecule has 1 unspecified atom stereocenters. The van der Waals surface area contributed by atoms with Crippen LogP contribution in [0.4, 0.5) is 10.2 Å². The van der Waals surface area contributed by atoms with Crippen LogP contribution < -0.4 is 5.73 Å². The van der Waals surface area contributed by atoms with E-state index in [-0.39, 0.29) is 41.9 Å². The molecule has 2 aromatic rings. The number of aliphatic carboxylic acids is 1. The lowest BCUT2D eigenvalue weighted by molar-refractivity contribution is -0.141. The monoisotopic (exact) mass is 465 g/mol. The van der Waals surface area contributed by atoms with Crippen molar-refractivity contribution in [1.82, 2.24) is 19.5 Å². The van der Waals surface area contributed by atoms with Gasteiger partial charge in [-0.05, 0) is 18.0 Å². The van der Waals surface area contributed by atoms with Crippen molar-refractivity contribution in [2.75, 3.05) is 18.9 Å². The average Bonchev–Trinajstić information content (AvgIpc) is 3.23. The number of carboxylic acids is 1. The second-order valence-electron chi connectivity index (χ2n) is 6.89. The first kappa shape index (κ1) is 21.3. The van der Waals surface area contributed by atoms with Crippen LogP contribution in [-0.4, -0.2) is 62.2 Å². The average molecular weight is 466 g/mol. The number of carbonyl (C=O) groups is 1. The second-order valence-corrected chi connectivity index (χ2v) is 8.85. The van der Waals surface area contributed by atoms with Crippen LogP contribution in [0.15, 0.2) is 6.33 Å². The number of rotatable bonds is 6. The zero-order valence-electron chi connectivity index (χ0n) is 15.6. The molecule has 12 nitrogen and oxygen atoms in total. The molecule has 2 aromatic heterocycles. The molecule has 3 N–H and O–H groups in total. The molecular formula is C15H18ClFN5O7P. The van der Waals surface area contributed by atoms with Gasteiger partial charge < -0.3 is 15.6 Å². The number of ether oxygens (including phenoxy) is 1. The predicted octanol–water partition coefficient (Wildman–Crippen LogP) is 1.95. The van der Waals surface area contributed by atoms with E-state index in [1.807, 2.05) is 0 Å². The number of imidazole rings is 1. The van der Waals surface area contributed by atoms with Gasteiger partial charge in [0, 0.05) is 0 Å². The zero-order valence-corrected chi connectivity index (χ0v) is 17.2. The minimum absolute atomic E-state index is 0.0302.